The molecule has 0 aliphatic carbocycles. The third-order valence-corrected chi connectivity index (χ3v) is 7.00. The Morgan fingerprint density at radius 1 is 0.919 bits per heavy atom. The number of aromatic nitrogens is 2. The molecule has 1 aromatic heterocycles. The topological polar surface area (TPSA) is 81.1 Å². The molecule has 0 saturated heterocycles. The molecule has 1 amide bonds. The van der Waals surface area contributed by atoms with Gasteiger partial charge in [-0.05, 0) is 43.5 Å². The van der Waals surface area contributed by atoms with Crippen LogP contribution in [0.1, 0.15) is 51.3 Å². The minimum Gasteiger partial charge on any atom is -0.352 e. The normalized spacial score (nSPS) is 11.2. The van der Waals surface area contributed by atoms with E-state index in [-0.39, 0.29) is 23.0 Å². The van der Waals surface area contributed by atoms with Crippen molar-refractivity contribution < 1.29 is 9.59 Å². The first-order valence-corrected chi connectivity index (χ1v) is 13.3. The van der Waals surface area contributed by atoms with Gasteiger partial charge in [0.1, 0.15) is 0 Å². The van der Waals surface area contributed by atoms with Crippen molar-refractivity contribution in [3.05, 3.63) is 105 Å². The molecular formula is C30H31N3O3S. The van der Waals surface area contributed by atoms with E-state index in [0.717, 1.165) is 16.7 Å². The van der Waals surface area contributed by atoms with Crippen molar-refractivity contribution in [2.24, 2.45) is 5.92 Å². The molecule has 0 unspecified atom stereocenters. The van der Waals surface area contributed by atoms with Crippen molar-refractivity contribution in [3.8, 4) is 0 Å². The summed E-state index contributed by atoms with van der Waals surface area (Å²) >= 11 is 1.24. The fourth-order valence-electron chi connectivity index (χ4n) is 3.82. The number of fused-ring (bicyclic) bond motifs is 1. The highest BCUT2D eigenvalue weighted by Gasteiger charge is 2.16. The molecule has 37 heavy (non-hydrogen) atoms. The van der Waals surface area contributed by atoms with E-state index in [1.54, 1.807) is 22.8 Å². The summed E-state index contributed by atoms with van der Waals surface area (Å²) in [5.74, 6) is 0.224. The molecular weight excluding hydrogens is 482 g/mol. The van der Waals surface area contributed by atoms with E-state index >= 15 is 0 Å². The number of nitrogens with one attached hydrogen (secondary N) is 1. The number of rotatable bonds is 9. The molecule has 1 heterocycles. The molecule has 0 radical (unpaired) electrons. The van der Waals surface area contributed by atoms with Gasteiger partial charge in [-0.25, -0.2) is 4.98 Å². The zero-order valence-corrected chi connectivity index (χ0v) is 22.4. The Hall–Kier alpha value is -3.71. The maximum atomic E-state index is 13.6. The second kappa shape index (κ2) is 11.6. The van der Waals surface area contributed by atoms with Crippen LogP contribution in [0.25, 0.3) is 10.9 Å². The fourth-order valence-corrected chi connectivity index (χ4v) is 4.71. The standard InChI is InChI=1S/C30H31N3O3S/c1-19(2)16-31-28(35)24-13-14-25-26(15-24)32-30(37-18-27(34)23-11-7-21(4)8-12-23)33(29(25)36)17-22-9-5-20(3)6-10-22/h5-15,19H,16-18H2,1-4H3,(H,31,35). The van der Waals surface area contributed by atoms with Crippen molar-refractivity contribution in [1.29, 1.82) is 0 Å². The van der Waals surface area contributed by atoms with E-state index in [4.69, 9.17) is 4.98 Å². The number of nitrogens with zero attached hydrogens (tertiary/aromatic N) is 2. The number of hydrogen-bond acceptors (Lipinski definition) is 5. The smallest absolute Gasteiger partial charge is 0.262 e. The predicted molar refractivity (Wildman–Crippen MR) is 150 cm³/mol. The molecule has 0 fully saturated rings. The average Bonchev–Trinajstić information content (AvgIpc) is 2.89. The third-order valence-electron chi connectivity index (χ3n) is 6.02. The van der Waals surface area contributed by atoms with Gasteiger partial charge >= 0.3 is 0 Å². The molecule has 7 heteroatoms. The zero-order valence-electron chi connectivity index (χ0n) is 21.6. The number of aryl methyl sites for hydroxylation is 2. The summed E-state index contributed by atoms with van der Waals surface area (Å²) < 4.78 is 1.61. The first kappa shape index (κ1) is 26.4. The van der Waals surface area contributed by atoms with Gasteiger partial charge in [-0.1, -0.05) is 85.3 Å². The Bertz CT molecular complexity index is 1490. The molecule has 190 valence electrons. The lowest BCUT2D eigenvalue weighted by atomic mass is 10.1. The number of hydrogen-bond donors (Lipinski definition) is 1. The number of benzene rings is 3. The van der Waals surface area contributed by atoms with Crippen LogP contribution in [0.5, 0.6) is 0 Å². The molecule has 0 atom stereocenters. The van der Waals surface area contributed by atoms with Crippen molar-refractivity contribution >= 4 is 34.4 Å². The second-order valence-electron chi connectivity index (χ2n) is 9.68. The summed E-state index contributed by atoms with van der Waals surface area (Å²) in [4.78, 5) is 43.8. The summed E-state index contributed by atoms with van der Waals surface area (Å²) in [5, 5.41) is 3.78. The lowest BCUT2D eigenvalue weighted by Gasteiger charge is -2.14. The van der Waals surface area contributed by atoms with Crippen molar-refractivity contribution in [2.75, 3.05) is 12.3 Å². The number of thioether (sulfide) groups is 1. The van der Waals surface area contributed by atoms with Crippen molar-refractivity contribution in [3.63, 3.8) is 0 Å². The van der Waals surface area contributed by atoms with Gasteiger partial charge in [0.05, 0.1) is 23.2 Å². The van der Waals surface area contributed by atoms with Gasteiger partial charge in [0.2, 0.25) is 0 Å². The fraction of sp³-hybridized carbons (Fsp3) is 0.267. The SMILES string of the molecule is Cc1ccc(Cn2c(SCC(=O)c3ccc(C)cc3)nc3cc(C(=O)NCC(C)C)ccc3c2=O)cc1. The number of amides is 1. The lowest BCUT2D eigenvalue weighted by molar-refractivity contribution is 0.0948. The molecule has 6 nitrogen and oxygen atoms in total. The number of Topliss-reactive ketones (excluding diaryl/α,β-unsaturated/α-hetero) is 1. The van der Waals surface area contributed by atoms with Crippen LogP contribution in [0.3, 0.4) is 0 Å². The Morgan fingerprint density at radius 3 is 2.19 bits per heavy atom. The molecule has 0 spiro atoms. The van der Waals surface area contributed by atoms with E-state index in [9.17, 15) is 14.4 Å². The maximum Gasteiger partial charge on any atom is 0.262 e. The third kappa shape index (κ3) is 6.54. The van der Waals surface area contributed by atoms with Gasteiger partial charge in [0, 0.05) is 17.7 Å². The highest BCUT2D eigenvalue weighted by atomic mass is 32.2. The van der Waals surface area contributed by atoms with Gasteiger partial charge in [-0.3, -0.25) is 19.0 Å². The van der Waals surface area contributed by atoms with Crippen LogP contribution in [-0.4, -0.2) is 33.5 Å². The Labute approximate surface area is 221 Å². The number of ketones is 1. The lowest BCUT2D eigenvalue weighted by Crippen LogP contribution is -2.28. The van der Waals surface area contributed by atoms with Crippen LogP contribution in [0.4, 0.5) is 0 Å². The van der Waals surface area contributed by atoms with Crippen LogP contribution in [0.15, 0.2) is 76.7 Å². The minimum atomic E-state index is -0.204. The minimum absolute atomic E-state index is 0.0388. The summed E-state index contributed by atoms with van der Waals surface area (Å²) in [7, 11) is 0. The summed E-state index contributed by atoms with van der Waals surface area (Å²) in [6.45, 7) is 8.94. The highest BCUT2D eigenvalue weighted by Crippen LogP contribution is 2.22. The van der Waals surface area contributed by atoms with E-state index in [0.29, 0.717) is 46.2 Å². The molecule has 0 bridgehead atoms. The van der Waals surface area contributed by atoms with Gasteiger partial charge in [-0.2, -0.15) is 0 Å². The number of carbonyl (C=O) groups excluding carboxylic acids is 2. The van der Waals surface area contributed by atoms with E-state index in [2.05, 4.69) is 5.32 Å². The highest BCUT2D eigenvalue weighted by molar-refractivity contribution is 7.99. The average molecular weight is 514 g/mol. The molecule has 0 aliphatic rings. The first-order valence-electron chi connectivity index (χ1n) is 12.3. The first-order chi connectivity index (χ1) is 17.7. The summed E-state index contributed by atoms with van der Waals surface area (Å²) in [6.07, 6.45) is 0. The molecule has 4 rings (SSSR count). The van der Waals surface area contributed by atoms with Crippen molar-refractivity contribution in [1.82, 2.24) is 14.9 Å². The van der Waals surface area contributed by atoms with E-state index in [1.165, 1.54) is 11.8 Å². The number of carbonyl (C=O) groups is 2. The Morgan fingerprint density at radius 2 is 1.54 bits per heavy atom. The van der Waals surface area contributed by atoms with Crippen LogP contribution in [-0.2, 0) is 6.54 Å². The van der Waals surface area contributed by atoms with E-state index in [1.807, 2.05) is 76.2 Å². The predicted octanol–water partition coefficient (Wildman–Crippen LogP) is 5.42. The second-order valence-corrected chi connectivity index (χ2v) is 10.6. The molecule has 4 aromatic rings. The monoisotopic (exact) mass is 513 g/mol. The van der Waals surface area contributed by atoms with Gasteiger partial charge in [-0.15, -0.1) is 0 Å². The molecule has 0 aliphatic heterocycles. The van der Waals surface area contributed by atoms with Crippen molar-refractivity contribution in [2.45, 2.75) is 39.4 Å². The van der Waals surface area contributed by atoms with E-state index < -0.39 is 0 Å². The van der Waals surface area contributed by atoms with Crippen LogP contribution in [0, 0.1) is 19.8 Å². The van der Waals surface area contributed by atoms with Crippen LogP contribution in [0.2, 0.25) is 0 Å². The summed E-state index contributed by atoms with van der Waals surface area (Å²) in [6, 6.07) is 20.4. The molecule has 1 N–H and O–H groups in total. The largest absolute Gasteiger partial charge is 0.352 e. The maximum absolute atomic E-state index is 13.6. The van der Waals surface area contributed by atoms with Gasteiger partial charge in [0.25, 0.3) is 11.5 Å². The Kier molecular flexibility index (Phi) is 8.24. The quantitative estimate of drug-likeness (QED) is 0.184. The molecule has 0 saturated carbocycles. The zero-order chi connectivity index (χ0) is 26.5. The van der Waals surface area contributed by atoms with Gasteiger partial charge in [0.15, 0.2) is 10.9 Å². The van der Waals surface area contributed by atoms with Crippen LogP contribution < -0.4 is 10.9 Å². The molecule has 3 aromatic carbocycles. The van der Waals surface area contributed by atoms with Gasteiger partial charge < -0.3 is 5.32 Å². The Balaban J connectivity index is 1.70. The summed E-state index contributed by atoms with van der Waals surface area (Å²) in [5.41, 5.74) is 4.48. The van der Waals surface area contributed by atoms with Crippen LogP contribution >= 0.6 is 11.8 Å².